The Hall–Kier alpha value is -2.22. The van der Waals surface area contributed by atoms with Crippen molar-refractivity contribution in [3.05, 3.63) is 52.3 Å². The first-order valence-electron chi connectivity index (χ1n) is 8.76. The number of rotatable bonds is 6. The van der Waals surface area contributed by atoms with Crippen molar-refractivity contribution in [2.45, 2.75) is 12.5 Å². The molecule has 3 aromatic rings. The Labute approximate surface area is 155 Å². The number of hydrogen-bond donors (Lipinski definition) is 1. The number of thiophene rings is 1. The molecule has 3 heterocycles. The molecule has 0 aliphatic carbocycles. The number of ether oxygens (including phenoxy) is 1. The van der Waals surface area contributed by atoms with Gasteiger partial charge in [-0.15, -0.1) is 11.3 Å². The molecule has 1 unspecified atom stereocenters. The van der Waals surface area contributed by atoms with Crippen molar-refractivity contribution in [1.82, 2.24) is 15.4 Å². The first-order chi connectivity index (χ1) is 12.8. The van der Waals surface area contributed by atoms with Gasteiger partial charge in [0.25, 0.3) is 0 Å². The fourth-order valence-electron chi connectivity index (χ4n) is 3.27. The number of aromatic nitrogens is 1. The molecule has 0 radical (unpaired) electrons. The van der Waals surface area contributed by atoms with Crippen LogP contribution in [0.15, 0.2) is 46.3 Å². The molecule has 1 saturated heterocycles. The van der Waals surface area contributed by atoms with Gasteiger partial charge in [-0.1, -0.05) is 23.4 Å². The van der Waals surface area contributed by atoms with Gasteiger partial charge in [-0.3, -0.25) is 9.69 Å². The van der Waals surface area contributed by atoms with E-state index in [4.69, 9.17) is 9.26 Å². The zero-order valence-corrected chi connectivity index (χ0v) is 15.2. The minimum Gasteiger partial charge on any atom is -0.379 e. The number of nitrogens with zero attached hydrogens (tertiary/aromatic N) is 2. The Morgan fingerprint density at radius 1 is 1.23 bits per heavy atom. The Kier molecular flexibility index (Phi) is 5.29. The average Bonchev–Trinajstić information content (AvgIpc) is 3.34. The van der Waals surface area contributed by atoms with Crippen LogP contribution in [0.4, 0.5) is 0 Å². The van der Waals surface area contributed by atoms with Crippen LogP contribution in [-0.4, -0.2) is 48.8 Å². The van der Waals surface area contributed by atoms with Gasteiger partial charge in [0, 0.05) is 29.9 Å². The number of hydrogen-bond acceptors (Lipinski definition) is 6. The highest BCUT2D eigenvalue weighted by Gasteiger charge is 2.24. The number of fused-ring (bicyclic) bond motifs is 1. The average molecular weight is 371 g/mol. The molecular weight excluding hydrogens is 350 g/mol. The van der Waals surface area contributed by atoms with Gasteiger partial charge in [-0.25, -0.2) is 0 Å². The van der Waals surface area contributed by atoms with Gasteiger partial charge >= 0.3 is 0 Å². The van der Waals surface area contributed by atoms with E-state index in [1.54, 1.807) is 11.3 Å². The molecule has 1 N–H and O–H groups in total. The molecule has 136 valence electrons. The molecule has 1 atom stereocenters. The van der Waals surface area contributed by atoms with Crippen LogP contribution in [0.2, 0.25) is 0 Å². The first kappa shape index (κ1) is 17.2. The van der Waals surface area contributed by atoms with Crippen molar-refractivity contribution in [2.24, 2.45) is 0 Å². The molecule has 0 saturated carbocycles. The lowest BCUT2D eigenvalue weighted by Crippen LogP contribution is -2.43. The van der Waals surface area contributed by atoms with E-state index in [2.05, 4.69) is 32.9 Å². The minimum atomic E-state index is -0.0427. The van der Waals surface area contributed by atoms with Crippen molar-refractivity contribution in [2.75, 3.05) is 32.8 Å². The Balaban J connectivity index is 1.41. The standard InChI is InChI=1S/C19H21N3O3S/c23-19(12-15-14-4-1-2-5-17(14)25-21-15)20-13-16(18-6-3-11-26-18)22-7-9-24-10-8-22/h1-6,11,16H,7-10,12-13H2,(H,20,23). The van der Waals surface area contributed by atoms with Gasteiger partial charge in [0.2, 0.25) is 5.91 Å². The zero-order valence-electron chi connectivity index (χ0n) is 14.4. The third kappa shape index (κ3) is 3.80. The van der Waals surface area contributed by atoms with Gasteiger partial charge in [0.1, 0.15) is 5.69 Å². The van der Waals surface area contributed by atoms with E-state index in [1.807, 2.05) is 24.3 Å². The Morgan fingerprint density at radius 3 is 2.88 bits per heavy atom. The van der Waals surface area contributed by atoms with Crippen molar-refractivity contribution < 1.29 is 14.1 Å². The molecule has 0 bridgehead atoms. The Morgan fingerprint density at radius 2 is 2.08 bits per heavy atom. The summed E-state index contributed by atoms with van der Waals surface area (Å²) in [5.41, 5.74) is 1.39. The number of nitrogens with one attached hydrogen (secondary N) is 1. The van der Waals surface area contributed by atoms with Crippen LogP contribution in [0.3, 0.4) is 0 Å². The van der Waals surface area contributed by atoms with Crippen molar-refractivity contribution in [3.63, 3.8) is 0 Å². The van der Waals surface area contributed by atoms with Crippen molar-refractivity contribution in [3.8, 4) is 0 Å². The van der Waals surface area contributed by atoms with Crippen molar-refractivity contribution in [1.29, 1.82) is 0 Å². The van der Waals surface area contributed by atoms with E-state index in [0.29, 0.717) is 17.8 Å². The fraction of sp³-hybridized carbons (Fsp3) is 0.368. The summed E-state index contributed by atoms with van der Waals surface area (Å²) in [6.45, 7) is 3.81. The predicted octanol–water partition coefficient (Wildman–Crippen LogP) is 2.62. The van der Waals surface area contributed by atoms with Crippen LogP contribution in [0.5, 0.6) is 0 Å². The third-order valence-electron chi connectivity index (χ3n) is 4.63. The van der Waals surface area contributed by atoms with E-state index >= 15 is 0 Å². The molecule has 1 aliphatic rings. The summed E-state index contributed by atoms with van der Waals surface area (Å²) in [6.07, 6.45) is 0.220. The van der Waals surface area contributed by atoms with E-state index in [9.17, 15) is 4.79 Å². The topological polar surface area (TPSA) is 67.6 Å². The molecule has 1 amide bonds. The number of amides is 1. The molecule has 1 fully saturated rings. The molecule has 4 rings (SSSR count). The van der Waals surface area contributed by atoms with E-state index < -0.39 is 0 Å². The Bertz CT molecular complexity index is 856. The lowest BCUT2D eigenvalue weighted by atomic mass is 10.1. The second kappa shape index (κ2) is 7.99. The normalized spacial score (nSPS) is 16.6. The number of carbonyl (C=O) groups is 1. The molecular formula is C19H21N3O3S. The van der Waals surface area contributed by atoms with Gasteiger partial charge in [-0.05, 0) is 23.6 Å². The van der Waals surface area contributed by atoms with Crippen LogP contribution < -0.4 is 5.32 Å². The van der Waals surface area contributed by atoms with Gasteiger partial charge < -0.3 is 14.6 Å². The second-order valence-electron chi connectivity index (χ2n) is 6.29. The summed E-state index contributed by atoms with van der Waals surface area (Å²) in [5.74, 6) is -0.0427. The highest BCUT2D eigenvalue weighted by atomic mass is 32.1. The van der Waals surface area contributed by atoms with Crippen LogP contribution >= 0.6 is 11.3 Å². The van der Waals surface area contributed by atoms with E-state index in [1.165, 1.54) is 4.88 Å². The highest BCUT2D eigenvalue weighted by Crippen LogP contribution is 2.25. The van der Waals surface area contributed by atoms with Crippen LogP contribution in [0.25, 0.3) is 11.0 Å². The number of benzene rings is 1. The minimum absolute atomic E-state index is 0.0427. The molecule has 0 spiro atoms. The summed E-state index contributed by atoms with van der Waals surface area (Å²) in [5, 5.41) is 10.1. The lowest BCUT2D eigenvalue weighted by Gasteiger charge is -2.34. The number of para-hydroxylation sites is 1. The van der Waals surface area contributed by atoms with Crippen LogP contribution in [0.1, 0.15) is 16.6 Å². The van der Waals surface area contributed by atoms with Gasteiger partial charge in [0.05, 0.1) is 25.7 Å². The number of carbonyl (C=O) groups excluding carboxylic acids is 1. The summed E-state index contributed by atoms with van der Waals surface area (Å²) >= 11 is 1.72. The summed E-state index contributed by atoms with van der Waals surface area (Å²) in [7, 11) is 0. The molecule has 26 heavy (non-hydrogen) atoms. The molecule has 7 heteroatoms. The third-order valence-corrected chi connectivity index (χ3v) is 5.60. The fourth-order valence-corrected chi connectivity index (χ4v) is 4.13. The van der Waals surface area contributed by atoms with E-state index in [0.717, 1.165) is 31.7 Å². The maximum atomic E-state index is 12.5. The maximum Gasteiger partial charge on any atom is 0.226 e. The largest absolute Gasteiger partial charge is 0.379 e. The summed E-state index contributed by atoms with van der Waals surface area (Å²) in [6, 6.07) is 12.0. The second-order valence-corrected chi connectivity index (χ2v) is 7.27. The zero-order chi connectivity index (χ0) is 17.8. The first-order valence-corrected chi connectivity index (χ1v) is 9.64. The van der Waals surface area contributed by atoms with Crippen LogP contribution in [-0.2, 0) is 16.0 Å². The lowest BCUT2D eigenvalue weighted by molar-refractivity contribution is -0.120. The van der Waals surface area contributed by atoms with E-state index in [-0.39, 0.29) is 18.4 Å². The monoisotopic (exact) mass is 371 g/mol. The molecule has 1 aromatic carbocycles. The summed E-state index contributed by atoms with van der Waals surface area (Å²) in [4.78, 5) is 16.1. The van der Waals surface area contributed by atoms with Gasteiger partial charge in [-0.2, -0.15) is 0 Å². The molecule has 2 aromatic heterocycles. The summed E-state index contributed by atoms with van der Waals surface area (Å²) < 4.78 is 10.7. The predicted molar refractivity (Wildman–Crippen MR) is 100 cm³/mol. The van der Waals surface area contributed by atoms with Crippen molar-refractivity contribution >= 4 is 28.2 Å². The van der Waals surface area contributed by atoms with Crippen LogP contribution in [0, 0.1) is 0 Å². The molecule has 6 nitrogen and oxygen atoms in total. The quantitative estimate of drug-likeness (QED) is 0.721. The van der Waals surface area contributed by atoms with Gasteiger partial charge in [0.15, 0.2) is 5.58 Å². The maximum absolute atomic E-state index is 12.5. The SMILES string of the molecule is O=C(Cc1noc2ccccc12)NCC(c1cccs1)N1CCOCC1. The smallest absolute Gasteiger partial charge is 0.226 e. The highest BCUT2D eigenvalue weighted by molar-refractivity contribution is 7.10. The number of morpholine rings is 1. The molecule has 1 aliphatic heterocycles.